The molecule has 0 saturated heterocycles. The Hall–Kier alpha value is -0.620. The van der Waals surface area contributed by atoms with Crippen molar-refractivity contribution in [1.29, 1.82) is 0 Å². The maximum absolute atomic E-state index is 12.6. The van der Waals surface area contributed by atoms with Crippen LogP contribution >= 0.6 is 11.3 Å². The average Bonchev–Trinajstić information content (AvgIpc) is 3.04. The Bertz CT molecular complexity index is 411. The standard InChI is InChI=1S/C14H21F3N2S/c1-2-7-18-11(8-10-5-3-4-6-10)12-9-19-13(20-12)14(15,16)17/h9-11,18H,2-8H2,1H3. The van der Waals surface area contributed by atoms with E-state index in [0.717, 1.165) is 35.6 Å². The van der Waals surface area contributed by atoms with Crippen LogP contribution in [0.4, 0.5) is 13.2 Å². The number of hydrogen-bond acceptors (Lipinski definition) is 3. The molecule has 6 heteroatoms. The summed E-state index contributed by atoms with van der Waals surface area (Å²) in [7, 11) is 0. The largest absolute Gasteiger partial charge is 0.443 e. The predicted molar refractivity (Wildman–Crippen MR) is 74.7 cm³/mol. The molecular formula is C14H21F3N2S. The zero-order valence-electron chi connectivity index (χ0n) is 11.7. The van der Waals surface area contributed by atoms with Gasteiger partial charge in [-0.3, -0.25) is 0 Å². The first-order valence-electron chi connectivity index (χ1n) is 7.27. The Kier molecular flexibility index (Phi) is 5.43. The number of rotatable bonds is 6. The van der Waals surface area contributed by atoms with E-state index in [1.165, 1.54) is 31.9 Å². The monoisotopic (exact) mass is 306 g/mol. The second kappa shape index (κ2) is 6.89. The van der Waals surface area contributed by atoms with E-state index in [4.69, 9.17) is 0 Å². The molecule has 20 heavy (non-hydrogen) atoms. The molecule has 0 amide bonds. The van der Waals surface area contributed by atoms with Gasteiger partial charge >= 0.3 is 6.18 Å². The molecule has 1 heterocycles. The van der Waals surface area contributed by atoms with Crippen molar-refractivity contribution in [3.05, 3.63) is 16.1 Å². The van der Waals surface area contributed by atoms with Crippen LogP contribution in [0.1, 0.15) is 61.4 Å². The molecule has 114 valence electrons. The smallest absolute Gasteiger partial charge is 0.309 e. The van der Waals surface area contributed by atoms with Gasteiger partial charge in [-0.15, -0.1) is 11.3 Å². The minimum atomic E-state index is -4.33. The number of halogens is 3. The first-order valence-corrected chi connectivity index (χ1v) is 8.08. The second-order valence-electron chi connectivity index (χ2n) is 5.46. The van der Waals surface area contributed by atoms with Crippen LogP contribution in [0.2, 0.25) is 0 Å². The predicted octanol–water partition coefficient (Wildman–Crippen LogP) is 4.78. The highest BCUT2D eigenvalue weighted by Crippen LogP contribution is 2.38. The summed E-state index contributed by atoms with van der Waals surface area (Å²) in [4.78, 5) is 4.26. The summed E-state index contributed by atoms with van der Waals surface area (Å²) in [6, 6.07) is 0.0200. The molecule has 1 saturated carbocycles. The van der Waals surface area contributed by atoms with Crippen LogP contribution in [0.25, 0.3) is 0 Å². The lowest BCUT2D eigenvalue weighted by Gasteiger charge is -2.20. The molecule has 2 nitrogen and oxygen atoms in total. The van der Waals surface area contributed by atoms with E-state index in [0.29, 0.717) is 5.92 Å². The number of nitrogens with zero attached hydrogens (tertiary/aromatic N) is 1. The first kappa shape index (κ1) is 15.8. The van der Waals surface area contributed by atoms with E-state index < -0.39 is 11.2 Å². The van der Waals surface area contributed by atoms with Gasteiger partial charge in [0.2, 0.25) is 0 Å². The first-order chi connectivity index (χ1) is 9.50. The topological polar surface area (TPSA) is 24.9 Å². The van der Waals surface area contributed by atoms with Gasteiger partial charge in [0.1, 0.15) is 0 Å². The Balaban J connectivity index is 2.06. The maximum atomic E-state index is 12.6. The molecule has 0 radical (unpaired) electrons. The van der Waals surface area contributed by atoms with Crippen LogP contribution in [0.3, 0.4) is 0 Å². The minimum absolute atomic E-state index is 0.0200. The van der Waals surface area contributed by atoms with Gasteiger partial charge in [-0.25, -0.2) is 4.98 Å². The fourth-order valence-electron chi connectivity index (χ4n) is 2.78. The molecule has 1 aliphatic rings. The Morgan fingerprint density at radius 3 is 2.65 bits per heavy atom. The maximum Gasteiger partial charge on any atom is 0.443 e. The number of alkyl halides is 3. The normalized spacial score (nSPS) is 18.6. The SMILES string of the molecule is CCCNC(CC1CCCC1)c1cnc(C(F)(F)F)s1. The van der Waals surface area contributed by atoms with Crippen LogP contribution in [-0.4, -0.2) is 11.5 Å². The van der Waals surface area contributed by atoms with Crippen LogP contribution in [-0.2, 0) is 6.18 Å². The van der Waals surface area contributed by atoms with Gasteiger partial charge in [-0.1, -0.05) is 32.6 Å². The van der Waals surface area contributed by atoms with Crippen LogP contribution in [0, 0.1) is 5.92 Å². The van der Waals surface area contributed by atoms with Gasteiger partial charge in [0, 0.05) is 17.1 Å². The molecule has 1 aromatic rings. The summed E-state index contributed by atoms with van der Waals surface area (Å²) in [5, 5.41) is 2.65. The number of nitrogens with one attached hydrogen (secondary N) is 1. The van der Waals surface area contributed by atoms with Gasteiger partial charge in [-0.05, 0) is 25.3 Å². The summed E-state index contributed by atoms with van der Waals surface area (Å²) < 4.78 is 37.9. The summed E-state index contributed by atoms with van der Waals surface area (Å²) in [6.45, 7) is 2.89. The van der Waals surface area contributed by atoms with E-state index in [9.17, 15) is 13.2 Å². The highest BCUT2D eigenvalue weighted by Gasteiger charge is 2.35. The van der Waals surface area contributed by atoms with Crippen molar-refractivity contribution in [3.8, 4) is 0 Å². The zero-order chi connectivity index (χ0) is 14.6. The third-order valence-corrected chi connectivity index (χ3v) is 4.95. The lowest BCUT2D eigenvalue weighted by atomic mass is 9.97. The fraction of sp³-hybridized carbons (Fsp3) is 0.786. The highest BCUT2D eigenvalue weighted by atomic mass is 32.1. The Labute approximate surface area is 121 Å². The van der Waals surface area contributed by atoms with Crippen molar-refractivity contribution in [2.24, 2.45) is 5.92 Å². The number of aromatic nitrogens is 1. The molecule has 1 aliphatic carbocycles. The molecule has 2 rings (SSSR count). The van der Waals surface area contributed by atoms with Crippen LogP contribution < -0.4 is 5.32 Å². The van der Waals surface area contributed by atoms with Crippen molar-refractivity contribution in [2.45, 2.75) is 57.7 Å². The molecule has 1 unspecified atom stereocenters. The molecule has 0 bridgehead atoms. The van der Waals surface area contributed by atoms with Crippen molar-refractivity contribution in [1.82, 2.24) is 10.3 Å². The number of thiazole rings is 1. The number of hydrogen-bond donors (Lipinski definition) is 1. The van der Waals surface area contributed by atoms with Crippen molar-refractivity contribution in [2.75, 3.05) is 6.54 Å². The molecule has 0 aliphatic heterocycles. The molecule has 0 spiro atoms. The second-order valence-corrected chi connectivity index (χ2v) is 6.52. The Morgan fingerprint density at radius 1 is 1.40 bits per heavy atom. The molecular weight excluding hydrogens is 285 g/mol. The van der Waals surface area contributed by atoms with E-state index >= 15 is 0 Å². The van der Waals surface area contributed by atoms with Crippen molar-refractivity contribution < 1.29 is 13.2 Å². The zero-order valence-corrected chi connectivity index (χ0v) is 12.5. The third-order valence-electron chi connectivity index (χ3n) is 3.79. The lowest BCUT2D eigenvalue weighted by molar-refractivity contribution is -0.137. The quantitative estimate of drug-likeness (QED) is 0.818. The van der Waals surface area contributed by atoms with E-state index in [1.54, 1.807) is 0 Å². The van der Waals surface area contributed by atoms with Crippen LogP contribution in [0.15, 0.2) is 6.20 Å². The molecule has 1 atom stereocenters. The highest BCUT2D eigenvalue weighted by molar-refractivity contribution is 7.11. The van der Waals surface area contributed by atoms with E-state index in [-0.39, 0.29) is 6.04 Å². The third kappa shape index (κ3) is 4.19. The molecule has 1 aromatic heterocycles. The van der Waals surface area contributed by atoms with E-state index in [1.807, 2.05) is 0 Å². The van der Waals surface area contributed by atoms with Crippen molar-refractivity contribution >= 4 is 11.3 Å². The average molecular weight is 306 g/mol. The minimum Gasteiger partial charge on any atom is -0.309 e. The van der Waals surface area contributed by atoms with Crippen molar-refractivity contribution in [3.63, 3.8) is 0 Å². The van der Waals surface area contributed by atoms with E-state index in [2.05, 4.69) is 17.2 Å². The summed E-state index contributed by atoms with van der Waals surface area (Å²) >= 11 is 0.783. The molecule has 0 aromatic carbocycles. The summed E-state index contributed by atoms with van der Waals surface area (Å²) in [5.74, 6) is 0.640. The molecule has 1 N–H and O–H groups in total. The van der Waals surface area contributed by atoms with Crippen LogP contribution in [0.5, 0.6) is 0 Å². The van der Waals surface area contributed by atoms with Gasteiger partial charge in [0.25, 0.3) is 0 Å². The van der Waals surface area contributed by atoms with Gasteiger partial charge in [0.15, 0.2) is 5.01 Å². The van der Waals surface area contributed by atoms with Gasteiger partial charge in [0.05, 0.1) is 0 Å². The summed E-state index contributed by atoms with van der Waals surface area (Å²) in [5.41, 5.74) is 0. The van der Waals surface area contributed by atoms with Gasteiger partial charge in [-0.2, -0.15) is 13.2 Å². The summed E-state index contributed by atoms with van der Waals surface area (Å²) in [6.07, 6.45) is 3.89. The lowest BCUT2D eigenvalue weighted by Crippen LogP contribution is -2.23. The Morgan fingerprint density at radius 2 is 2.10 bits per heavy atom. The fourth-order valence-corrected chi connectivity index (χ4v) is 3.65. The van der Waals surface area contributed by atoms with Gasteiger partial charge < -0.3 is 5.32 Å². The molecule has 1 fully saturated rings.